The van der Waals surface area contributed by atoms with Crippen LogP contribution in [0.25, 0.3) is 0 Å². The maximum absolute atomic E-state index is 12.6. The first-order valence-corrected chi connectivity index (χ1v) is 7.20. The Morgan fingerprint density at radius 1 is 1.50 bits per heavy atom. The number of benzene rings is 1. The maximum atomic E-state index is 12.6. The Labute approximate surface area is 116 Å². The summed E-state index contributed by atoms with van der Waals surface area (Å²) in [5.74, 6) is 0.569. The molecule has 0 aliphatic carbocycles. The van der Waals surface area contributed by atoms with Crippen LogP contribution in [0.5, 0.6) is 0 Å². The molecule has 0 radical (unpaired) electrons. The minimum absolute atomic E-state index is 0.0875. The SMILES string of the molecule is CC1CCCN(C(=O)c2ccccc2Br)C1CN. The van der Waals surface area contributed by atoms with E-state index in [4.69, 9.17) is 5.73 Å². The van der Waals surface area contributed by atoms with Crippen LogP contribution < -0.4 is 5.73 Å². The first kappa shape index (κ1) is 13.6. The van der Waals surface area contributed by atoms with Crippen LogP contribution in [0.4, 0.5) is 0 Å². The molecule has 4 heteroatoms. The second-order valence-electron chi connectivity index (χ2n) is 4.90. The van der Waals surface area contributed by atoms with Gasteiger partial charge in [-0.15, -0.1) is 0 Å². The second kappa shape index (κ2) is 5.85. The molecule has 0 bridgehead atoms. The van der Waals surface area contributed by atoms with Crippen LogP contribution in [0, 0.1) is 5.92 Å². The van der Waals surface area contributed by atoms with Crippen molar-refractivity contribution < 1.29 is 4.79 Å². The fourth-order valence-electron chi connectivity index (χ4n) is 2.65. The van der Waals surface area contributed by atoms with Gasteiger partial charge in [0.2, 0.25) is 0 Å². The molecule has 0 spiro atoms. The number of nitrogens with two attached hydrogens (primary N) is 1. The van der Waals surface area contributed by atoms with Crippen molar-refractivity contribution in [2.75, 3.05) is 13.1 Å². The molecule has 1 aromatic carbocycles. The highest BCUT2D eigenvalue weighted by Gasteiger charge is 2.31. The van der Waals surface area contributed by atoms with Gasteiger partial charge in [0.15, 0.2) is 0 Å². The van der Waals surface area contributed by atoms with E-state index in [1.54, 1.807) is 0 Å². The zero-order chi connectivity index (χ0) is 13.1. The van der Waals surface area contributed by atoms with Gasteiger partial charge in [0.1, 0.15) is 0 Å². The van der Waals surface area contributed by atoms with Crippen molar-refractivity contribution in [2.45, 2.75) is 25.8 Å². The lowest BCUT2D eigenvalue weighted by Gasteiger charge is -2.39. The van der Waals surface area contributed by atoms with Gasteiger partial charge in [0.05, 0.1) is 5.56 Å². The van der Waals surface area contributed by atoms with Crippen molar-refractivity contribution in [2.24, 2.45) is 11.7 Å². The van der Waals surface area contributed by atoms with E-state index < -0.39 is 0 Å². The van der Waals surface area contributed by atoms with Crippen LogP contribution in [-0.2, 0) is 0 Å². The number of carbonyl (C=O) groups is 1. The summed E-state index contributed by atoms with van der Waals surface area (Å²) in [5, 5.41) is 0. The third-order valence-corrected chi connectivity index (χ3v) is 4.41. The normalized spacial score (nSPS) is 24.1. The first-order valence-electron chi connectivity index (χ1n) is 6.40. The third-order valence-electron chi connectivity index (χ3n) is 3.72. The summed E-state index contributed by atoms with van der Waals surface area (Å²) in [4.78, 5) is 14.5. The molecule has 1 aromatic rings. The molecule has 1 aliphatic heterocycles. The fourth-order valence-corrected chi connectivity index (χ4v) is 3.10. The standard InChI is InChI=1S/C14H19BrN2O/c1-10-5-4-8-17(13(10)9-16)14(18)11-6-2-3-7-12(11)15/h2-3,6-7,10,13H,4-5,8-9,16H2,1H3. The molecule has 2 unspecified atom stereocenters. The fraction of sp³-hybridized carbons (Fsp3) is 0.500. The van der Waals surface area contributed by atoms with Crippen LogP contribution in [0.15, 0.2) is 28.7 Å². The van der Waals surface area contributed by atoms with Gasteiger partial charge >= 0.3 is 0 Å². The summed E-state index contributed by atoms with van der Waals surface area (Å²) < 4.78 is 0.851. The predicted molar refractivity (Wildman–Crippen MR) is 76.4 cm³/mol. The molecule has 0 saturated carbocycles. The number of likely N-dealkylation sites (tertiary alicyclic amines) is 1. The highest BCUT2D eigenvalue weighted by atomic mass is 79.9. The van der Waals surface area contributed by atoms with E-state index in [1.807, 2.05) is 29.2 Å². The second-order valence-corrected chi connectivity index (χ2v) is 5.76. The molecule has 1 saturated heterocycles. The summed E-state index contributed by atoms with van der Waals surface area (Å²) in [6.07, 6.45) is 2.22. The van der Waals surface area contributed by atoms with Gasteiger partial charge in [-0.1, -0.05) is 19.1 Å². The molecule has 1 heterocycles. The summed E-state index contributed by atoms with van der Waals surface area (Å²) in [5.41, 5.74) is 6.56. The molecule has 18 heavy (non-hydrogen) atoms. The number of hydrogen-bond acceptors (Lipinski definition) is 2. The van der Waals surface area contributed by atoms with Gasteiger partial charge in [-0.05, 0) is 46.8 Å². The molecule has 2 N–H and O–H groups in total. The van der Waals surface area contributed by atoms with Crippen LogP contribution in [0.3, 0.4) is 0 Å². The van der Waals surface area contributed by atoms with E-state index in [0.717, 1.165) is 29.4 Å². The van der Waals surface area contributed by atoms with E-state index in [9.17, 15) is 4.79 Å². The summed E-state index contributed by atoms with van der Waals surface area (Å²) in [6, 6.07) is 7.73. The number of hydrogen-bond donors (Lipinski definition) is 1. The largest absolute Gasteiger partial charge is 0.334 e. The Balaban J connectivity index is 2.25. The molecular weight excluding hydrogens is 292 g/mol. The van der Waals surface area contributed by atoms with Gasteiger partial charge < -0.3 is 10.6 Å². The number of piperidine rings is 1. The predicted octanol–water partition coefficient (Wildman–Crippen LogP) is 2.65. The lowest BCUT2D eigenvalue weighted by molar-refractivity contribution is 0.0531. The van der Waals surface area contributed by atoms with Crippen LogP contribution >= 0.6 is 15.9 Å². The molecule has 98 valence electrons. The number of halogens is 1. The number of carbonyl (C=O) groups excluding carboxylic acids is 1. The van der Waals surface area contributed by atoms with Crippen molar-refractivity contribution >= 4 is 21.8 Å². The van der Waals surface area contributed by atoms with Gasteiger partial charge in [-0.2, -0.15) is 0 Å². The molecule has 1 amide bonds. The molecular formula is C14H19BrN2O. The highest BCUT2D eigenvalue weighted by molar-refractivity contribution is 9.10. The van der Waals surface area contributed by atoms with Crippen molar-refractivity contribution in [1.82, 2.24) is 4.90 Å². The van der Waals surface area contributed by atoms with Gasteiger partial charge in [0, 0.05) is 23.6 Å². The number of amides is 1. The highest BCUT2D eigenvalue weighted by Crippen LogP contribution is 2.26. The van der Waals surface area contributed by atoms with Crippen molar-refractivity contribution in [3.05, 3.63) is 34.3 Å². The summed E-state index contributed by atoms with van der Waals surface area (Å²) in [7, 11) is 0. The monoisotopic (exact) mass is 310 g/mol. The van der Waals surface area contributed by atoms with E-state index in [2.05, 4.69) is 22.9 Å². The molecule has 3 nitrogen and oxygen atoms in total. The molecule has 2 atom stereocenters. The number of nitrogens with zero attached hydrogens (tertiary/aromatic N) is 1. The molecule has 0 aromatic heterocycles. The molecule has 1 fully saturated rings. The van der Waals surface area contributed by atoms with E-state index in [0.29, 0.717) is 12.5 Å². The van der Waals surface area contributed by atoms with Crippen molar-refractivity contribution in [1.29, 1.82) is 0 Å². The van der Waals surface area contributed by atoms with Crippen LogP contribution in [-0.4, -0.2) is 29.9 Å². The molecule has 2 rings (SSSR count). The lowest BCUT2D eigenvalue weighted by Crippen LogP contribution is -2.51. The third kappa shape index (κ3) is 2.59. The van der Waals surface area contributed by atoms with E-state index >= 15 is 0 Å². The Bertz CT molecular complexity index is 436. The minimum Gasteiger partial charge on any atom is -0.334 e. The number of rotatable bonds is 2. The zero-order valence-corrected chi connectivity index (χ0v) is 12.2. The van der Waals surface area contributed by atoms with Crippen molar-refractivity contribution in [3.8, 4) is 0 Å². The minimum atomic E-state index is 0.0875. The molecule has 1 aliphatic rings. The zero-order valence-electron chi connectivity index (χ0n) is 10.6. The average molecular weight is 311 g/mol. The van der Waals surface area contributed by atoms with Crippen LogP contribution in [0.1, 0.15) is 30.1 Å². The maximum Gasteiger partial charge on any atom is 0.255 e. The van der Waals surface area contributed by atoms with E-state index in [1.165, 1.54) is 0 Å². The Morgan fingerprint density at radius 3 is 2.89 bits per heavy atom. The van der Waals surface area contributed by atoms with Crippen LogP contribution in [0.2, 0.25) is 0 Å². The van der Waals surface area contributed by atoms with Gasteiger partial charge in [-0.25, -0.2) is 0 Å². The van der Waals surface area contributed by atoms with Gasteiger partial charge in [0.25, 0.3) is 5.91 Å². The van der Waals surface area contributed by atoms with Gasteiger partial charge in [-0.3, -0.25) is 4.79 Å². The lowest BCUT2D eigenvalue weighted by atomic mass is 9.90. The average Bonchev–Trinajstić information content (AvgIpc) is 2.38. The Kier molecular flexibility index (Phi) is 4.40. The summed E-state index contributed by atoms with van der Waals surface area (Å²) in [6.45, 7) is 3.53. The first-order chi connectivity index (χ1) is 8.65. The Hall–Kier alpha value is -0.870. The van der Waals surface area contributed by atoms with E-state index in [-0.39, 0.29) is 11.9 Å². The Morgan fingerprint density at radius 2 is 2.22 bits per heavy atom. The van der Waals surface area contributed by atoms with Crippen molar-refractivity contribution in [3.63, 3.8) is 0 Å². The summed E-state index contributed by atoms with van der Waals surface area (Å²) >= 11 is 3.44. The topological polar surface area (TPSA) is 46.3 Å². The quantitative estimate of drug-likeness (QED) is 0.913. The smallest absolute Gasteiger partial charge is 0.255 e.